The Kier molecular flexibility index (Phi) is 50.6. The van der Waals surface area contributed by atoms with Gasteiger partial charge in [-0.15, -0.1) is 0 Å². The third kappa shape index (κ3) is 50.8. The van der Waals surface area contributed by atoms with E-state index in [0.717, 1.165) is 95.8 Å². The van der Waals surface area contributed by atoms with Crippen LogP contribution >= 0.6 is 0 Å². The molecule has 0 spiro atoms. The zero-order chi connectivity index (χ0) is 43.2. The molecule has 0 saturated heterocycles. The summed E-state index contributed by atoms with van der Waals surface area (Å²) in [6.07, 6.45) is 96.2. The molecule has 335 valence electrons. The van der Waals surface area contributed by atoms with E-state index in [4.69, 9.17) is 0 Å². The van der Waals surface area contributed by atoms with Crippen LogP contribution < -0.4 is 0 Å². The minimum atomic E-state index is 0.914. The van der Waals surface area contributed by atoms with Crippen molar-refractivity contribution in [2.45, 2.75) is 206 Å². The van der Waals surface area contributed by atoms with Crippen LogP contribution in [0.5, 0.6) is 0 Å². The molecule has 0 saturated carbocycles. The Morgan fingerprint density at radius 2 is 0.467 bits per heavy atom. The monoisotopic (exact) mass is 816 g/mol. The van der Waals surface area contributed by atoms with Crippen LogP contribution in [0.4, 0.5) is 0 Å². The lowest BCUT2D eigenvalue weighted by molar-refractivity contribution is 0.371. The molecule has 0 aliphatic heterocycles. The third-order valence-electron chi connectivity index (χ3n) is 10.4. The topological polar surface area (TPSA) is 0 Å². The van der Waals surface area contributed by atoms with Gasteiger partial charge >= 0.3 is 0 Å². The Labute approximate surface area is 375 Å². The summed E-state index contributed by atoms with van der Waals surface area (Å²) >= 11 is 0. The molecule has 0 heterocycles. The van der Waals surface area contributed by atoms with Gasteiger partial charge in [-0.3, -0.25) is 0 Å². The van der Waals surface area contributed by atoms with E-state index in [0.29, 0.717) is 0 Å². The van der Waals surface area contributed by atoms with Crippen molar-refractivity contribution in [3.63, 3.8) is 0 Å². The first-order chi connectivity index (χ1) is 29.8. The van der Waals surface area contributed by atoms with Gasteiger partial charge in [0.1, 0.15) is 0 Å². The lowest BCUT2D eigenvalue weighted by Gasteiger charge is -2.17. The van der Waals surface area contributed by atoms with Gasteiger partial charge in [0.2, 0.25) is 0 Å². The zero-order valence-corrected chi connectivity index (χ0v) is 39.5. The Hall–Kier alpha value is -3.38. The molecule has 0 fully saturated rings. The number of hydrogen-bond acceptors (Lipinski definition) is 0. The molecule has 0 bridgehead atoms. The van der Waals surface area contributed by atoms with Crippen molar-refractivity contribution in [2.75, 3.05) is 0 Å². The quantitative estimate of drug-likeness (QED) is 0.0425. The summed E-state index contributed by atoms with van der Waals surface area (Å²) in [5.74, 6) is 0.914. The lowest BCUT2D eigenvalue weighted by Crippen LogP contribution is -2.01. The summed E-state index contributed by atoms with van der Waals surface area (Å²) in [7, 11) is 0. The maximum Gasteiger partial charge on any atom is -0.0169 e. The van der Waals surface area contributed by atoms with E-state index in [-0.39, 0.29) is 0 Å². The first kappa shape index (κ1) is 56.6. The van der Waals surface area contributed by atoms with E-state index in [1.807, 2.05) is 0 Å². The van der Waals surface area contributed by atoms with Crippen molar-refractivity contribution in [3.05, 3.63) is 165 Å². The SMILES string of the molecule is [CH2]CCCC=CCC=CCC=CCC=CCCCCCC(CCCCC=CCC=CCC=CCC=CCC=CCC)CCCCCCC=CCC=CCC=CCC=CCC. The second kappa shape index (κ2) is 53.6. The molecule has 1 atom stereocenters. The molecule has 0 aliphatic carbocycles. The molecule has 0 aliphatic rings. The summed E-state index contributed by atoms with van der Waals surface area (Å²) in [6, 6.07) is 0. The van der Waals surface area contributed by atoms with Crippen LogP contribution in [0.1, 0.15) is 206 Å². The minimum Gasteiger partial charge on any atom is -0.0885 e. The number of allylic oxidation sites excluding steroid dienone is 26. The highest BCUT2D eigenvalue weighted by Gasteiger charge is 2.08. The molecule has 60 heavy (non-hydrogen) atoms. The molecule has 1 unspecified atom stereocenters. The maximum atomic E-state index is 3.89. The van der Waals surface area contributed by atoms with Crippen LogP contribution in [0.15, 0.2) is 158 Å². The Bertz CT molecular complexity index is 1240. The average molecular weight is 816 g/mol. The normalized spacial score (nSPS) is 14.0. The molecular weight excluding hydrogens is 721 g/mol. The number of rotatable bonds is 43. The second-order valence-electron chi connectivity index (χ2n) is 16.1. The maximum absolute atomic E-state index is 3.89. The Morgan fingerprint density at radius 3 is 0.767 bits per heavy atom. The highest BCUT2D eigenvalue weighted by atomic mass is 14.1. The van der Waals surface area contributed by atoms with Crippen molar-refractivity contribution >= 4 is 0 Å². The van der Waals surface area contributed by atoms with Gasteiger partial charge in [0.15, 0.2) is 0 Å². The molecule has 0 aromatic heterocycles. The second-order valence-corrected chi connectivity index (χ2v) is 16.1. The van der Waals surface area contributed by atoms with Crippen LogP contribution in [0, 0.1) is 12.8 Å². The summed E-state index contributed by atoms with van der Waals surface area (Å²) in [4.78, 5) is 0. The fourth-order valence-corrected chi connectivity index (χ4v) is 6.83. The van der Waals surface area contributed by atoms with Crippen LogP contribution in [-0.2, 0) is 0 Å². The highest BCUT2D eigenvalue weighted by Crippen LogP contribution is 2.24. The van der Waals surface area contributed by atoms with Gasteiger partial charge in [0.25, 0.3) is 0 Å². The number of unbranched alkanes of at least 4 members (excludes halogenated alkanes) is 11. The molecule has 1 radical (unpaired) electrons. The Balaban J connectivity index is 4.36. The molecule has 0 nitrogen and oxygen atoms in total. The van der Waals surface area contributed by atoms with Gasteiger partial charge in [-0.25, -0.2) is 0 Å². The Morgan fingerprint density at radius 1 is 0.250 bits per heavy atom. The van der Waals surface area contributed by atoms with Crippen LogP contribution in [0.3, 0.4) is 0 Å². The van der Waals surface area contributed by atoms with Crippen LogP contribution in [0.25, 0.3) is 0 Å². The van der Waals surface area contributed by atoms with Crippen molar-refractivity contribution in [3.8, 4) is 0 Å². The average Bonchev–Trinajstić information content (AvgIpc) is 3.26. The van der Waals surface area contributed by atoms with Gasteiger partial charge < -0.3 is 0 Å². The van der Waals surface area contributed by atoms with E-state index in [1.165, 1.54) is 103 Å². The summed E-state index contributed by atoms with van der Waals surface area (Å²) in [6.45, 7) is 8.26. The zero-order valence-electron chi connectivity index (χ0n) is 39.5. The van der Waals surface area contributed by atoms with Gasteiger partial charge in [-0.1, -0.05) is 243 Å². The minimum absolute atomic E-state index is 0.914. The first-order valence-electron chi connectivity index (χ1n) is 25.1. The van der Waals surface area contributed by atoms with Gasteiger partial charge in [0.05, 0.1) is 0 Å². The molecular formula is C60H95. The van der Waals surface area contributed by atoms with Crippen molar-refractivity contribution < 1.29 is 0 Å². The standard InChI is InChI=1S/C60H95/c1-4-7-10-13-16-19-22-25-28-31-34-37-40-43-46-49-52-55-58-60(57-54-51-48-45-42-39-36-33-30-27-24-21-18-15-12-9-6-3)59-56-53-50-47-44-41-38-35-32-29-26-23-20-17-14-11-8-5-2/h8-9,11-13,16-18,20-22,25-27,29-31,34-36,38-40,43-44,47,60H,1,4-7,10,14-15,19,23-24,28,32-33,37,41-42,45-46,48-59H2,2-3H3. The first-order valence-corrected chi connectivity index (χ1v) is 25.1. The molecule has 0 N–H and O–H groups in total. The predicted molar refractivity (Wildman–Crippen MR) is 278 cm³/mol. The van der Waals surface area contributed by atoms with Crippen LogP contribution in [0.2, 0.25) is 0 Å². The third-order valence-corrected chi connectivity index (χ3v) is 10.4. The van der Waals surface area contributed by atoms with E-state index in [9.17, 15) is 0 Å². The molecule has 0 rings (SSSR count). The summed E-state index contributed by atoms with van der Waals surface area (Å²) in [5.41, 5.74) is 0. The van der Waals surface area contributed by atoms with Gasteiger partial charge in [-0.05, 0) is 134 Å². The van der Waals surface area contributed by atoms with Crippen molar-refractivity contribution in [1.82, 2.24) is 0 Å². The van der Waals surface area contributed by atoms with E-state index < -0.39 is 0 Å². The molecule has 0 aromatic rings. The van der Waals surface area contributed by atoms with Gasteiger partial charge in [-0.2, -0.15) is 0 Å². The largest absolute Gasteiger partial charge is 0.0885 e. The smallest absolute Gasteiger partial charge is 0.0169 e. The fourth-order valence-electron chi connectivity index (χ4n) is 6.83. The van der Waals surface area contributed by atoms with Gasteiger partial charge in [0, 0.05) is 0 Å². The summed E-state index contributed by atoms with van der Waals surface area (Å²) in [5, 5.41) is 0. The molecule has 0 amide bonds. The molecule has 0 aromatic carbocycles. The lowest BCUT2D eigenvalue weighted by atomic mass is 9.89. The van der Waals surface area contributed by atoms with E-state index >= 15 is 0 Å². The number of hydrogen-bond donors (Lipinski definition) is 0. The van der Waals surface area contributed by atoms with E-state index in [2.05, 4.69) is 179 Å². The predicted octanol–water partition coefficient (Wildman–Crippen LogP) is 20.4. The highest BCUT2D eigenvalue weighted by molar-refractivity contribution is 5.02. The van der Waals surface area contributed by atoms with Crippen LogP contribution in [-0.4, -0.2) is 0 Å². The molecule has 0 heteroatoms. The summed E-state index contributed by atoms with van der Waals surface area (Å²) < 4.78 is 0. The van der Waals surface area contributed by atoms with Crippen molar-refractivity contribution in [1.29, 1.82) is 0 Å². The van der Waals surface area contributed by atoms with E-state index in [1.54, 1.807) is 0 Å². The fraction of sp³-hybridized carbons (Fsp3) is 0.550. The van der Waals surface area contributed by atoms with Crippen molar-refractivity contribution in [2.24, 2.45) is 5.92 Å².